The molecule has 1 fully saturated rings. The molecule has 0 amide bonds. The summed E-state index contributed by atoms with van der Waals surface area (Å²) in [5.41, 5.74) is 0. The third kappa shape index (κ3) is 2.96. The van der Waals surface area contributed by atoms with Gasteiger partial charge in [-0.3, -0.25) is 4.90 Å². The standard InChI is InChI=1S/C11H24N2/c1-5-10(2)13-8-6-7-11(9-13)12(3)4/h10-11H,5-9H2,1-4H3. The quantitative estimate of drug-likeness (QED) is 0.660. The fraction of sp³-hybridized carbons (Fsp3) is 1.00. The average Bonchev–Trinajstić information content (AvgIpc) is 2.17. The fourth-order valence-electron chi connectivity index (χ4n) is 2.06. The van der Waals surface area contributed by atoms with E-state index in [-0.39, 0.29) is 0 Å². The van der Waals surface area contributed by atoms with Crippen LogP contribution in [0, 0.1) is 0 Å². The lowest BCUT2D eigenvalue weighted by Crippen LogP contribution is -2.48. The Morgan fingerprint density at radius 1 is 1.46 bits per heavy atom. The molecule has 1 rings (SSSR count). The van der Waals surface area contributed by atoms with Gasteiger partial charge in [0.05, 0.1) is 0 Å². The summed E-state index contributed by atoms with van der Waals surface area (Å²) in [5, 5.41) is 0. The van der Waals surface area contributed by atoms with Gasteiger partial charge in [-0.2, -0.15) is 0 Å². The highest BCUT2D eigenvalue weighted by atomic mass is 15.2. The zero-order valence-electron chi connectivity index (χ0n) is 9.58. The van der Waals surface area contributed by atoms with E-state index in [1.165, 1.54) is 32.4 Å². The van der Waals surface area contributed by atoms with Crippen LogP contribution in [0.4, 0.5) is 0 Å². The van der Waals surface area contributed by atoms with Crippen LogP contribution in [0.25, 0.3) is 0 Å². The van der Waals surface area contributed by atoms with E-state index in [9.17, 15) is 0 Å². The average molecular weight is 184 g/mol. The van der Waals surface area contributed by atoms with Crippen molar-refractivity contribution in [3.05, 3.63) is 0 Å². The molecule has 0 bridgehead atoms. The van der Waals surface area contributed by atoms with E-state index in [1.54, 1.807) is 0 Å². The Labute approximate surface area is 82.9 Å². The predicted octanol–water partition coefficient (Wildman–Crippen LogP) is 1.81. The zero-order chi connectivity index (χ0) is 9.84. The van der Waals surface area contributed by atoms with Crippen LogP contribution in [0.5, 0.6) is 0 Å². The first-order valence-corrected chi connectivity index (χ1v) is 5.55. The molecule has 1 aliphatic heterocycles. The van der Waals surface area contributed by atoms with Crippen molar-refractivity contribution in [3.8, 4) is 0 Å². The van der Waals surface area contributed by atoms with Gasteiger partial charge in [0.15, 0.2) is 0 Å². The lowest BCUT2D eigenvalue weighted by molar-refractivity contribution is 0.101. The molecule has 13 heavy (non-hydrogen) atoms. The molecule has 0 radical (unpaired) electrons. The molecule has 0 saturated carbocycles. The largest absolute Gasteiger partial charge is 0.305 e. The molecule has 2 unspecified atom stereocenters. The first kappa shape index (κ1) is 11.0. The first-order valence-electron chi connectivity index (χ1n) is 5.55. The molecule has 0 aliphatic carbocycles. The van der Waals surface area contributed by atoms with Gasteiger partial charge in [-0.05, 0) is 46.8 Å². The summed E-state index contributed by atoms with van der Waals surface area (Å²) in [6.07, 6.45) is 4.02. The second-order valence-corrected chi connectivity index (χ2v) is 4.51. The molecule has 1 heterocycles. The molecule has 0 N–H and O–H groups in total. The molecule has 0 aromatic carbocycles. The molecule has 0 aromatic heterocycles. The highest BCUT2D eigenvalue weighted by Crippen LogP contribution is 2.16. The lowest BCUT2D eigenvalue weighted by Gasteiger charge is -2.39. The first-order chi connectivity index (χ1) is 6.15. The van der Waals surface area contributed by atoms with E-state index in [0.717, 1.165) is 12.1 Å². The Hall–Kier alpha value is -0.0800. The molecule has 0 aromatic rings. The number of hydrogen-bond donors (Lipinski definition) is 0. The number of nitrogens with zero attached hydrogens (tertiary/aromatic N) is 2. The maximum Gasteiger partial charge on any atom is 0.0217 e. The van der Waals surface area contributed by atoms with Crippen molar-refractivity contribution in [1.29, 1.82) is 0 Å². The second-order valence-electron chi connectivity index (χ2n) is 4.51. The Morgan fingerprint density at radius 2 is 2.15 bits per heavy atom. The van der Waals surface area contributed by atoms with Gasteiger partial charge in [0.2, 0.25) is 0 Å². The van der Waals surface area contributed by atoms with Crippen LogP contribution in [0.15, 0.2) is 0 Å². The fourth-order valence-corrected chi connectivity index (χ4v) is 2.06. The van der Waals surface area contributed by atoms with Crippen LogP contribution in [0.2, 0.25) is 0 Å². The molecule has 0 spiro atoms. The monoisotopic (exact) mass is 184 g/mol. The molecule has 2 nitrogen and oxygen atoms in total. The van der Waals surface area contributed by atoms with Crippen LogP contribution in [-0.4, -0.2) is 49.1 Å². The Morgan fingerprint density at radius 3 is 2.69 bits per heavy atom. The molecule has 1 saturated heterocycles. The minimum Gasteiger partial charge on any atom is -0.305 e. The van der Waals surface area contributed by atoms with Gasteiger partial charge in [-0.25, -0.2) is 0 Å². The van der Waals surface area contributed by atoms with Crippen molar-refractivity contribution in [2.45, 2.75) is 45.2 Å². The summed E-state index contributed by atoms with van der Waals surface area (Å²) in [6, 6.07) is 1.55. The Bertz CT molecular complexity index is 145. The number of hydrogen-bond acceptors (Lipinski definition) is 2. The van der Waals surface area contributed by atoms with Crippen molar-refractivity contribution in [2.75, 3.05) is 27.2 Å². The summed E-state index contributed by atoms with van der Waals surface area (Å²) in [7, 11) is 4.40. The van der Waals surface area contributed by atoms with Gasteiger partial charge in [0.25, 0.3) is 0 Å². The third-order valence-electron chi connectivity index (χ3n) is 3.37. The van der Waals surface area contributed by atoms with Crippen LogP contribution in [-0.2, 0) is 0 Å². The predicted molar refractivity (Wildman–Crippen MR) is 58.0 cm³/mol. The Kier molecular flexibility index (Phi) is 4.20. The minimum atomic E-state index is 0.766. The van der Waals surface area contributed by atoms with Crippen molar-refractivity contribution < 1.29 is 0 Å². The smallest absolute Gasteiger partial charge is 0.0217 e. The van der Waals surface area contributed by atoms with E-state index < -0.39 is 0 Å². The number of rotatable bonds is 3. The molecule has 1 aliphatic rings. The van der Waals surface area contributed by atoms with Gasteiger partial charge in [-0.1, -0.05) is 6.92 Å². The van der Waals surface area contributed by atoms with Crippen molar-refractivity contribution in [1.82, 2.24) is 9.80 Å². The van der Waals surface area contributed by atoms with Gasteiger partial charge < -0.3 is 4.90 Å². The highest BCUT2D eigenvalue weighted by molar-refractivity contribution is 4.80. The SMILES string of the molecule is CCC(C)N1CCCC(N(C)C)C1. The maximum atomic E-state index is 2.63. The van der Waals surface area contributed by atoms with E-state index in [2.05, 4.69) is 37.7 Å². The summed E-state index contributed by atoms with van der Waals surface area (Å²) >= 11 is 0. The lowest BCUT2D eigenvalue weighted by atomic mass is 10.0. The normalized spacial score (nSPS) is 27.9. The molecule has 2 heteroatoms. The summed E-state index contributed by atoms with van der Waals surface area (Å²) in [4.78, 5) is 5.00. The molecular weight excluding hydrogens is 160 g/mol. The van der Waals surface area contributed by atoms with E-state index in [4.69, 9.17) is 0 Å². The van der Waals surface area contributed by atoms with E-state index >= 15 is 0 Å². The van der Waals surface area contributed by atoms with Crippen LogP contribution in [0.3, 0.4) is 0 Å². The number of likely N-dealkylation sites (N-methyl/N-ethyl adjacent to an activating group) is 1. The Balaban J connectivity index is 2.41. The maximum absolute atomic E-state index is 2.63. The van der Waals surface area contributed by atoms with Gasteiger partial charge in [0, 0.05) is 18.6 Å². The van der Waals surface area contributed by atoms with Crippen molar-refractivity contribution in [3.63, 3.8) is 0 Å². The van der Waals surface area contributed by atoms with Crippen molar-refractivity contribution >= 4 is 0 Å². The van der Waals surface area contributed by atoms with Gasteiger partial charge in [-0.15, -0.1) is 0 Å². The zero-order valence-corrected chi connectivity index (χ0v) is 9.58. The second kappa shape index (κ2) is 4.97. The van der Waals surface area contributed by atoms with Gasteiger partial charge >= 0.3 is 0 Å². The van der Waals surface area contributed by atoms with Gasteiger partial charge in [0.1, 0.15) is 0 Å². The summed E-state index contributed by atoms with van der Waals surface area (Å²) in [6.45, 7) is 7.20. The summed E-state index contributed by atoms with van der Waals surface area (Å²) in [5.74, 6) is 0. The van der Waals surface area contributed by atoms with Crippen LogP contribution in [0.1, 0.15) is 33.1 Å². The van der Waals surface area contributed by atoms with Crippen LogP contribution >= 0.6 is 0 Å². The minimum absolute atomic E-state index is 0.766. The molecule has 78 valence electrons. The topological polar surface area (TPSA) is 6.48 Å². The molecule has 2 atom stereocenters. The number of likely N-dealkylation sites (tertiary alicyclic amines) is 1. The van der Waals surface area contributed by atoms with E-state index in [0.29, 0.717) is 0 Å². The van der Waals surface area contributed by atoms with Crippen molar-refractivity contribution in [2.24, 2.45) is 0 Å². The third-order valence-corrected chi connectivity index (χ3v) is 3.37. The summed E-state index contributed by atoms with van der Waals surface area (Å²) < 4.78 is 0. The van der Waals surface area contributed by atoms with Crippen LogP contribution < -0.4 is 0 Å². The van der Waals surface area contributed by atoms with E-state index in [1.807, 2.05) is 0 Å². The number of piperidine rings is 1. The highest BCUT2D eigenvalue weighted by Gasteiger charge is 2.23. The molecular formula is C11H24N2.